The summed E-state index contributed by atoms with van der Waals surface area (Å²) < 4.78 is 5.48. The van der Waals surface area contributed by atoms with E-state index in [-0.39, 0.29) is 38.5 Å². The SMILES string of the molecule is COC(=O)C12CCC(C)(C)C[C@H]1C1=CCC3[C@@]4(C)CCC(=O)C(C)(C)C4CC[C@@]3(C)[C@@]1(C)CC2. The van der Waals surface area contributed by atoms with Gasteiger partial charge in [0.05, 0.1) is 12.5 Å². The lowest BCUT2D eigenvalue weighted by Crippen LogP contribution is -2.64. The molecule has 0 aromatic heterocycles. The zero-order valence-electron chi connectivity index (χ0n) is 23.1. The number of ketones is 1. The first-order valence-electron chi connectivity index (χ1n) is 14.0. The first kappa shape index (κ1) is 24.6. The number of esters is 1. The molecule has 0 heterocycles. The number of allylic oxidation sites excluding steroid dienone is 2. The minimum atomic E-state index is -0.334. The van der Waals surface area contributed by atoms with Crippen molar-refractivity contribution >= 4 is 11.8 Å². The number of rotatable bonds is 1. The highest BCUT2D eigenvalue weighted by atomic mass is 16.5. The molecule has 4 saturated carbocycles. The van der Waals surface area contributed by atoms with Crippen LogP contribution in [0.3, 0.4) is 0 Å². The number of hydrogen-bond donors (Lipinski definition) is 0. The van der Waals surface area contributed by atoms with Crippen LogP contribution in [0.25, 0.3) is 0 Å². The number of carbonyl (C=O) groups excluding carboxylic acids is 2. The van der Waals surface area contributed by atoms with E-state index in [2.05, 4.69) is 54.5 Å². The first-order valence-corrected chi connectivity index (χ1v) is 14.0. The molecule has 3 heteroatoms. The summed E-state index contributed by atoms with van der Waals surface area (Å²) in [5.74, 6) is 1.88. The number of methoxy groups -OCH3 is 1. The number of ether oxygens (including phenoxy) is 1. The molecular formula is C31H48O3. The molecule has 7 atom stereocenters. The van der Waals surface area contributed by atoms with E-state index in [4.69, 9.17) is 4.74 Å². The average molecular weight is 469 g/mol. The maximum Gasteiger partial charge on any atom is 0.312 e. The Balaban J connectivity index is 1.60. The predicted molar refractivity (Wildman–Crippen MR) is 136 cm³/mol. The molecule has 0 aliphatic heterocycles. The lowest BCUT2D eigenvalue weighted by atomic mass is 9.33. The molecule has 0 aromatic carbocycles. The number of fused-ring (bicyclic) bond motifs is 7. The molecular weight excluding hydrogens is 420 g/mol. The second kappa shape index (κ2) is 7.22. The summed E-state index contributed by atoms with van der Waals surface area (Å²) in [5.41, 5.74) is 1.84. The highest BCUT2D eigenvalue weighted by Crippen LogP contribution is 2.75. The Hall–Kier alpha value is -1.12. The average Bonchev–Trinajstić information content (AvgIpc) is 2.76. The molecule has 4 fully saturated rings. The van der Waals surface area contributed by atoms with Crippen LogP contribution in [0.2, 0.25) is 0 Å². The molecule has 5 aliphatic rings. The second-order valence-corrected chi connectivity index (χ2v) is 15.0. The van der Waals surface area contributed by atoms with Crippen LogP contribution >= 0.6 is 0 Å². The van der Waals surface area contributed by atoms with E-state index in [9.17, 15) is 9.59 Å². The van der Waals surface area contributed by atoms with Gasteiger partial charge in [-0.2, -0.15) is 0 Å². The molecule has 190 valence electrons. The Morgan fingerprint density at radius 3 is 2.26 bits per heavy atom. The van der Waals surface area contributed by atoms with E-state index in [0.29, 0.717) is 23.5 Å². The summed E-state index contributed by atoms with van der Waals surface area (Å²) in [7, 11) is 1.59. The van der Waals surface area contributed by atoms with Crippen LogP contribution in [0.4, 0.5) is 0 Å². The van der Waals surface area contributed by atoms with E-state index in [1.54, 1.807) is 12.7 Å². The van der Waals surface area contributed by atoms with Crippen molar-refractivity contribution < 1.29 is 14.3 Å². The van der Waals surface area contributed by atoms with E-state index in [0.717, 1.165) is 57.8 Å². The molecule has 5 aliphatic carbocycles. The highest BCUT2D eigenvalue weighted by Gasteiger charge is 2.69. The summed E-state index contributed by atoms with van der Waals surface area (Å²) in [4.78, 5) is 26.3. The van der Waals surface area contributed by atoms with Crippen LogP contribution < -0.4 is 0 Å². The molecule has 0 aromatic rings. The Morgan fingerprint density at radius 1 is 0.912 bits per heavy atom. The molecule has 3 unspecified atom stereocenters. The summed E-state index contributed by atoms with van der Waals surface area (Å²) in [6.07, 6.45) is 13.0. The fourth-order valence-corrected chi connectivity index (χ4v) is 10.6. The summed E-state index contributed by atoms with van der Waals surface area (Å²) >= 11 is 0. The van der Waals surface area contributed by atoms with Gasteiger partial charge in [-0.3, -0.25) is 9.59 Å². The van der Waals surface area contributed by atoms with Crippen molar-refractivity contribution in [3.63, 3.8) is 0 Å². The Morgan fingerprint density at radius 2 is 1.59 bits per heavy atom. The summed E-state index contributed by atoms with van der Waals surface area (Å²) in [6, 6.07) is 0. The van der Waals surface area contributed by atoms with Gasteiger partial charge in [0, 0.05) is 11.8 Å². The van der Waals surface area contributed by atoms with Gasteiger partial charge in [0.25, 0.3) is 0 Å². The van der Waals surface area contributed by atoms with Crippen LogP contribution in [0.5, 0.6) is 0 Å². The molecule has 0 saturated heterocycles. The van der Waals surface area contributed by atoms with Gasteiger partial charge in [-0.1, -0.05) is 60.1 Å². The van der Waals surface area contributed by atoms with Gasteiger partial charge in [0.15, 0.2) is 0 Å². The zero-order chi connectivity index (χ0) is 24.9. The van der Waals surface area contributed by atoms with Gasteiger partial charge < -0.3 is 4.74 Å². The molecule has 0 spiro atoms. The van der Waals surface area contributed by atoms with Gasteiger partial charge in [-0.25, -0.2) is 0 Å². The number of hydrogen-bond acceptors (Lipinski definition) is 3. The van der Waals surface area contributed by atoms with Crippen LogP contribution in [-0.4, -0.2) is 18.9 Å². The molecule has 5 rings (SSSR count). The summed E-state index contributed by atoms with van der Waals surface area (Å²) in [6.45, 7) is 16.9. The standard InChI is InChI=1S/C31H48O3/c1-26(2)15-17-31(25(33)34-8)18-16-29(6)20(21(31)19-26)9-10-23-28(5)13-12-24(32)27(3,4)22(28)11-14-30(23,29)7/h9,21-23H,10-19H2,1-8H3/t21-,22?,23?,28-,29-,30+,31?/m0/s1. The van der Waals surface area contributed by atoms with Crippen molar-refractivity contribution in [1.29, 1.82) is 0 Å². The third kappa shape index (κ3) is 2.88. The third-order valence-electron chi connectivity index (χ3n) is 13.0. The van der Waals surface area contributed by atoms with E-state index >= 15 is 0 Å². The maximum atomic E-state index is 13.3. The lowest BCUT2D eigenvalue weighted by molar-refractivity contribution is -0.190. The van der Waals surface area contributed by atoms with Crippen molar-refractivity contribution in [2.75, 3.05) is 7.11 Å². The predicted octanol–water partition coefficient (Wildman–Crippen LogP) is 7.53. The first-order chi connectivity index (χ1) is 15.7. The molecule has 34 heavy (non-hydrogen) atoms. The van der Waals surface area contributed by atoms with Gasteiger partial charge in [0.2, 0.25) is 0 Å². The van der Waals surface area contributed by atoms with Gasteiger partial charge in [-0.05, 0) is 97.2 Å². The van der Waals surface area contributed by atoms with Gasteiger partial charge in [-0.15, -0.1) is 0 Å². The normalized spacial score (nSPS) is 49.0. The fourth-order valence-electron chi connectivity index (χ4n) is 10.6. The van der Waals surface area contributed by atoms with Crippen molar-refractivity contribution in [2.24, 2.45) is 50.2 Å². The number of carbonyl (C=O) groups is 2. The Bertz CT molecular complexity index is 942. The minimum Gasteiger partial charge on any atom is -0.469 e. The van der Waals surface area contributed by atoms with Crippen molar-refractivity contribution in [3.05, 3.63) is 11.6 Å². The lowest BCUT2D eigenvalue weighted by Gasteiger charge is -2.70. The minimum absolute atomic E-state index is 0.0337. The second-order valence-electron chi connectivity index (χ2n) is 15.0. The fraction of sp³-hybridized carbons (Fsp3) is 0.871. The third-order valence-corrected chi connectivity index (χ3v) is 13.0. The maximum absolute atomic E-state index is 13.3. The molecule has 3 nitrogen and oxygen atoms in total. The van der Waals surface area contributed by atoms with Gasteiger partial charge >= 0.3 is 5.97 Å². The van der Waals surface area contributed by atoms with Crippen LogP contribution in [0.1, 0.15) is 113 Å². The largest absolute Gasteiger partial charge is 0.469 e. The number of Topliss-reactive ketones (excluding diaryl/α,β-unsaturated/α-hetero) is 1. The smallest absolute Gasteiger partial charge is 0.312 e. The quantitative estimate of drug-likeness (QED) is 0.295. The monoisotopic (exact) mass is 468 g/mol. The molecule has 0 N–H and O–H groups in total. The van der Waals surface area contributed by atoms with Crippen LogP contribution in [-0.2, 0) is 14.3 Å². The topological polar surface area (TPSA) is 43.4 Å². The van der Waals surface area contributed by atoms with Crippen molar-refractivity contribution in [3.8, 4) is 0 Å². The molecule has 0 radical (unpaired) electrons. The van der Waals surface area contributed by atoms with Crippen molar-refractivity contribution in [2.45, 2.75) is 113 Å². The summed E-state index contributed by atoms with van der Waals surface area (Å²) in [5, 5.41) is 0. The Kier molecular flexibility index (Phi) is 5.22. The van der Waals surface area contributed by atoms with E-state index in [1.807, 2.05) is 0 Å². The van der Waals surface area contributed by atoms with E-state index in [1.165, 1.54) is 6.42 Å². The molecule has 0 amide bonds. The Labute approximate surface area is 207 Å². The highest BCUT2D eigenvalue weighted by molar-refractivity contribution is 5.85. The van der Waals surface area contributed by atoms with Crippen LogP contribution in [0.15, 0.2) is 11.6 Å². The van der Waals surface area contributed by atoms with Crippen molar-refractivity contribution in [1.82, 2.24) is 0 Å². The van der Waals surface area contributed by atoms with Gasteiger partial charge in [0.1, 0.15) is 5.78 Å². The molecule has 0 bridgehead atoms. The van der Waals surface area contributed by atoms with Crippen LogP contribution in [0, 0.1) is 50.2 Å². The van der Waals surface area contributed by atoms with E-state index < -0.39 is 0 Å². The zero-order valence-corrected chi connectivity index (χ0v) is 23.1.